The number of anilines is 1. The van der Waals surface area contributed by atoms with Gasteiger partial charge in [-0.05, 0) is 23.8 Å². The average Bonchev–Trinajstić information content (AvgIpc) is 3.15. The quantitative estimate of drug-likeness (QED) is 0.255. The number of para-hydroxylation sites is 1. The number of aromatic amines is 1. The molecule has 1 amide bonds. The Balaban J connectivity index is 1.43. The number of halogens is 1. The highest BCUT2D eigenvalue weighted by molar-refractivity contribution is 7.99. The van der Waals surface area contributed by atoms with Crippen molar-refractivity contribution in [3.05, 3.63) is 64.7 Å². The molecule has 0 saturated heterocycles. The molecule has 4 N–H and O–H groups in total. The van der Waals surface area contributed by atoms with E-state index in [9.17, 15) is 9.90 Å². The summed E-state index contributed by atoms with van der Waals surface area (Å²) < 4.78 is 0. The number of benzene rings is 2. The van der Waals surface area contributed by atoms with Crippen LogP contribution in [0.15, 0.2) is 58.8 Å². The molecule has 0 spiro atoms. The molecule has 10 heteroatoms. The molecule has 0 atom stereocenters. The zero-order chi connectivity index (χ0) is 19.8. The maximum absolute atomic E-state index is 12.0. The zero-order valence-corrected chi connectivity index (χ0v) is 16.2. The van der Waals surface area contributed by atoms with Crippen LogP contribution in [0.4, 0.5) is 5.95 Å². The topological polar surface area (TPSA) is 115 Å². The summed E-state index contributed by atoms with van der Waals surface area (Å²) >= 11 is 7.25. The van der Waals surface area contributed by atoms with E-state index in [1.807, 2.05) is 18.2 Å². The highest BCUT2D eigenvalue weighted by Crippen LogP contribution is 2.16. The van der Waals surface area contributed by atoms with E-state index in [2.05, 4.69) is 31.0 Å². The van der Waals surface area contributed by atoms with Crippen LogP contribution in [0.2, 0.25) is 5.02 Å². The van der Waals surface area contributed by atoms with E-state index in [0.717, 1.165) is 5.56 Å². The Bertz CT molecular complexity index is 978. The minimum absolute atomic E-state index is 0.129. The molecule has 8 nitrogen and oxygen atoms in total. The maximum Gasteiger partial charge on any atom is 0.240 e. The Morgan fingerprint density at radius 2 is 2.04 bits per heavy atom. The van der Waals surface area contributed by atoms with Crippen LogP contribution in [-0.2, 0) is 11.3 Å². The Hall–Kier alpha value is -3.04. The number of hydrazone groups is 1. The number of carbonyl (C=O) groups excluding carboxylic acids is 1. The van der Waals surface area contributed by atoms with Gasteiger partial charge in [-0.15, -0.1) is 5.10 Å². The van der Waals surface area contributed by atoms with Crippen LogP contribution < -0.4 is 10.7 Å². The van der Waals surface area contributed by atoms with Crippen molar-refractivity contribution in [3.63, 3.8) is 0 Å². The van der Waals surface area contributed by atoms with Crippen LogP contribution in [0, 0.1) is 0 Å². The second-order valence-electron chi connectivity index (χ2n) is 5.55. The summed E-state index contributed by atoms with van der Waals surface area (Å²) in [5.74, 6) is 0.472. The number of phenolic OH excluding ortho intramolecular Hbond substituents is 1. The third-order valence-electron chi connectivity index (χ3n) is 3.54. The number of phenols is 1. The minimum Gasteiger partial charge on any atom is -0.507 e. The summed E-state index contributed by atoms with van der Waals surface area (Å²) in [7, 11) is 0. The molecule has 0 bridgehead atoms. The second kappa shape index (κ2) is 9.77. The summed E-state index contributed by atoms with van der Waals surface area (Å²) in [4.78, 5) is 16.1. The molecule has 1 heterocycles. The number of amides is 1. The Morgan fingerprint density at radius 3 is 2.86 bits per heavy atom. The van der Waals surface area contributed by atoms with Crippen molar-refractivity contribution in [2.24, 2.45) is 5.10 Å². The SMILES string of the molecule is O=C(CSc1n[nH]c(N/N=C/c2ccccc2O)n1)NCc1ccccc1Cl. The van der Waals surface area contributed by atoms with E-state index in [-0.39, 0.29) is 17.4 Å². The molecule has 3 aromatic rings. The molecule has 0 aliphatic heterocycles. The molecule has 144 valence electrons. The Morgan fingerprint density at radius 1 is 1.25 bits per heavy atom. The van der Waals surface area contributed by atoms with Crippen molar-refractivity contribution in [1.82, 2.24) is 20.5 Å². The van der Waals surface area contributed by atoms with Crippen LogP contribution in [0.25, 0.3) is 0 Å². The van der Waals surface area contributed by atoms with E-state index in [4.69, 9.17) is 11.6 Å². The number of nitrogens with zero attached hydrogens (tertiary/aromatic N) is 3. The summed E-state index contributed by atoms with van der Waals surface area (Å²) in [6.07, 6.45) is 1.47. The van der Waals surface area contributed by atoms with Crippen molar-refractivity contribution >= 4 is 41.4 Å². The molecule has 2 aromatic carbocycles. The lowest BCUT2D eigenvalue weighted by Crippen LogP contribution is -2.24. The van der Waals surface area contributed by atoms with Crippen LogP contribution >= 0.6 is 23.4 Å². The van der Waals surface area contributed by atoms with Gasteiger partial charge in [0.25, 0.3) is 0 Å². The van der Waals surface area contributed by atoms with Crippen molar-refractivity contribution in [1.29, 1.82) is 0 Å². The molecule has 0 unspecified atom stereocenters. The predicted molar refractivity (Wildman–Crippen MR) is 110 cm³/mol. The van der Waals surface area contributed by atoms with Crippen LogP contribution in [-0.4, -0.2) is 38.2 Å². The molecule has 28 heavy (non-hydrogen) atoms. The fourth-order valence-corrected chi connectivity index (χ4v) is 2.97. The first-order chi connectivity index (χ1) is 13.6. The van der Waals surface area contributed by atoms with Gasteiger partial charge in [0, 0.05) is 17.1 Å². The molecular weight excluding hydrogens is 400 g/mol. The third kappa shape index (κ3) is 5.73. The van der Waals surface area contributed by atoms with E-state index < -0.39 is 0 Å². The standard InChI is InChI=1S/C18H17ClN6O2S/c19-14-7-3-1-5-12(14)9-20-16(27)11-28-18-22-17(24-25-18)23-21-10-13-6-2-4-8-15(13)26/h1-8,10,26H,9,11H2,(H,20,27)(H2,22,23,24,25)/b21-10+. The van der Waals surface area contributed by atoms with Crippen LogP contribution in [0.5, 0.6) is 5.75 Å². The summed E-state index contributed by atoms with van der Waals surface area (Å²) in [5.41, 5.74) is 4.11. The van der Waals surface area contributed by atoms with E-state index in [1.165, 1.54) is 18.0 Å². The van der Waals surface area contributed by atoms with Gasteiger partial charge in [0.2, 0.25) is 17.0 Å². The molecule has 3 rings (SSSR count). The number of thioether (sulfide) groups is 1. The fraction of sp³-hybridized carbons (Fsp3) is 0.111. The van der Waals surface area contributed by atoms with Gasteiger partial charge >= 0.3 is 0 Å². The zero-order valence-electron chi connectivity index (χ0n) is 14.6. The van der Waals surface area contributed by atoms with Crippen molar-refractivity contribution in [2.45, 2.75) is 11.7 Å². The number of carbonyl (C=O) groups is 1. The first kappa shape index (κ1) is 19.7. The molecule has 0 aliphatic rings. The number of nitrogens with one attached hydrogen (secondary N) is 3. The van der Waals surface area contributed by atoms with Gasteiger partial charge in [-0.25, -0.2) is 10.5 Å². The number of rotatable bonds is 8. The van der Waals surface area contributed by atoms with Crippen molar-refractivity contribution in [2.75, 3.05) is 11.2 Å². The predicted octanol–water partition coefficient (Wildman–Crippen LogP) is 3.02. The largest absolute Gasteiger partial charge is 0.507 e. The smallest absolute Gasteiger partial charge is 0.240 e. The van der Waals surface area contributed by atoms with Crippen molar-refractivity contribution in [3.8, 4) is 5.75 Å². The second-order valence-corrected chi connectivity index (χ2v) is 6.90. The average molecular weight is 417 g/mol. The van der Waals surface area contributed by atoms with E-state index >= 15 is 0 Å². The Labute approximate surface area is 170 Å². The minimum atomic E-state index is -0.151. The lowest BCUT2D eigenvalue weighted by Gasteiger charge is -2.05. The number of hydrogen-bond donors (Lipinski definition) is 4. The van der Waals surface area contributed by atoms with Crippen LogP contribution in [0.1, 0.15) is 11.1 Å². The van der Waals surface area contributed by atoms with Gasteiger partial charge in [0.15, 0.2) is 0 Å². The Kier molecular flexibility index (Phi) is 6.88. The number of H-pyrrole nitrogens is 1. The molecular formula is C18H17ClN6O2S. The van der Waals surface area contributed by atoms with Gasteiger partial charge in [-0.2, -0.15) is 10.1 Å². The number of aromatic hydroxyl groups is 1. The van der Waals surface area contributed by atoms with Gasteiger partial charge in [-0.3, -0.25) is 4.79 Å². The van der Waals surface area contributed by atoms with Gasteiger partial charge in [-0.1, -0.05) is 53.7 Å². The lowest BCUT2D eigenvalue weighted by atomic mass is 10.2. The fourth-order valence-electron chi connectivity index (χ4n) is 2.14. The maximum atomic E-state index is 12.0. The van der Waals surface area contributed by atoms with Crippen LogP contribution in [0.3, 0.4) is 0 Å². The monoisotopic (exact) mass is 416 g/mol. The van der Waals surface area contributed by atoms with Gasteiger partial charge in [0.05, 0.1) is 12.0 Å². The highest BCUT2D eigenvalue weighted by Gasteiger charge is 2.08. The molecule has 0 saturated carbocycles. The normalized spacial score (nSPS) is 10.9. The number of aromatic nitrogens is 3. The molecule has 0 fully saturated rings. The summed E-state index contributed by atoms with van der Waals surface area (Å²) in [6, 6.07) is 14.2. The lowest BCUT2D eigenvalue weighted by molar-refractivity contribution is -0.118. The first-order valence-corrected chi connectivity index (χ1v) is 9.60. The molecule has 0 radical (unpaired) electrons. The molecule has 1 aromatic heterocycles. The van der Waals surface area contributed by atoms with E-state index in [1.54, 1.807) is 30.3 Å². The molecule has 0 aliphatic carbocycles. The third-order valence-corrected chi connectivity index (χ3v) is 4.76. The number of hydrogen-bond acceptors (Lipinski definition) is 7. The summed E-state index contributed by atoms with van der Waals surface area (Å²) in [5, 5.41) is 24.2. The van der Waals surface area contributed by atoms with Gasteiger partial charge in [0.1, 0.15) is 5.75 Å². The van der Waals surface area contributed by atoms with Crippen molar-refractivity contribution < 1.29 is 9.90 Å². The van der Waals surface area contributed by atoms with E-state index in [0.29, 0.717) is 28.2 Å². The van der Waals surface area contributed by atoms with Gasteiger partial charge < -0.3 is 10.4 Å². The highest BCUT2D eigenvalue weighted by atomic mass is 35.5. The first-order valence-electron chi connectivity index (χ1n) is 8.24. The summed E-state index contributed by atoms with van der Waals surface area (Å²) in [6.45, 7) is 0.362.